The van der Waals surface area contributed by atoms with Crippen LogP contribution in [-0.4, -0.2) is 41.4 Å². The number of anilines is 1. The number of hydrogen-bond acceptors (Lipinski definition) is 5. The molecule has 0 saturated heterocycles. The summed E-state index contributed by atoms with van der Waals surface area (Å²) in [6.45, 7) is -0.465. The van der Waals surface area contributed by atoms with E-state index in [1.807, 2.05) is 0 Å². The standard InChI is InChI=1S/C10H12ClFN2O4/c11-7-5-10(14(17)18)9(6-8(7)12)13(1-3-15)2-4-16/h5-6,15-16H,1-4H2. The Hall–Kier alpha value is -1.44. The van der Waals surface area contributed by atoms with Crippen LogP contribution in [0.15, 0.2) is 12.1 Å². The monoisotopic (exact) mass is 278 g/mol. The second-order valence-electron chi connectivity index (χ2n) is 3.45. The second-order valence-corrected chi connectivity index (χ2v) is 3.85. The van der Waals surface area contributed by atoms with E-state index in [-0.39, 0.29) is 42.7 Å². The Kier molecular flexibility index (Phi) is 5.26. The topological polar surface area (TPSA) is 86.8 Å². The molecule has 100 valence electrons. The van der Waals surface area contributed by atoms with Gasteiger partial charge in [0.05, 0.1) is 23.2 Å². The third-order valence-corrected chi connectivity index (χ3v) is 2.58. The van der Waals surface area contributed by atoms with Crippen molar-refractivity contribution < 1.29 is 19.5 Å². The molecule has 0 amide bonds. The summed E-state index contributed by atoms with van der Waals surface area (Å²) in [5, 5.41) is 28.3. The molecule has 1 aromatic carbocycles. The number of rotatable bonds is 6. The number of nitro groups is 1. The van der Waals surface area contributed by atoms with Crippen LogP contribution >= 0.6 is 11.6 Å². The molecule has 1 rings (SSSR count). The van der Waals surface area contributed by atoms with Gasteiger partial charge in [-0.1, -0.05) is 11.6 Å². The summed E-state index contributed by atoms with van der Waals surface area (Å²) in [6, 6.07) is 1.83. The molecule has 0 heterocycles. The first kappa shape index (κ1) is 14.6. The molecule has 0 aliphatic heterocycles. The summed E-state index contributed by atoms with van der Waals surface area (Å²) < 4.78 is 13.4. The van der Waals surface area contributed by atoms with Crippen molar-refractivity contribution in [1.29, 1.82) is 0 Å². The van der Waals surface area contributed by atoms with Crippen molar-refractivity contribution in [2.75, 3.05) is 31.2 Å². The zero-order chi connectivity index (χ0) is 13.7. The molecule has 0 aliphatic rings. The molecule has 18 heavy (non-hydrogen) atoms. The van der Waals surface area contributed by atoms with E-state index in [9.17, 15) is 14.5 Å². The molecule has 0 unspecified atom stereocenters. The predicted octanol–water partition coefficient (Wildman–Crippen LogP) is 1.18. The second kappa shape index (κ2) is 6.48. The number of aliphatic hydroxyl groups excluding tert-OH is 2. The van der Waals surface area contributed by atoms with Crippen molar-refractivity contribution in [2.24, 2.45) is 0 Å². The minimum absolute atomic E-state index is 0.0231. The van der Waals surface area contributed by atoms with Crippen LogP contribution in [0.2, 0.25) is 5.02 Å². The molecule has 0 spiro atoms. The summed E-state index contributed by atoms with van der Waals surface area (Å²) >= 11 is 5.49. The van der Waals surface area contributed by atoms with Gasteiger partial charge in [0.15, 0.2) is 0 Å². The third kappa shape index (κ3) is 3.28. The van der Waals surface area contributed by atoms with Crippen molar-refractivity contribution in [3.05, 3.63) is 33.1 Å². The van der Waals surface area contributed by atoms with E-state index >= 15 is 0 Å². The van der Waals surface area contributed by atoms with Gasteiger partial charge in [-0.3, -0.25) is 10.1 Å². The van der Waals surface area contributed by atoms with Crippen molar-refractivity contribution in [3.8, 4) is 0 Å². The SMILES string of the molecule is O=[N+]([O-])c1cc(Cl)c(F)cc1N(CCO)CCO. The lowest BCUT2D eigenvalue weighted by Gasteiger charge is -2.22. The van der Waals surface area contributed by atoms with Gasteiger partial charge in [0.25, 0.3) is 5.69 Å². The first-order chi connectivity index (χ1) is 8.51. The zero-order valence-electron chi connectivity index (χ0n) is 9.34. The largest absolute Gasteiger partial charge is 0.395 e. The molecule has 6 nitrogen and oxygen atoms in total. The van der Waals surface area contributed by atoms with E-state index in [1.54, 1.807) is 0 Å². The average molecular weight is 279 g/mol. The molecule has 0 saturated carbocycles. The fourth-order valence-corrected chi connectivity index (χ4v) is 1.68. The highest BCUT2D eigenvalue weighted by molar-refractivity contribution is 6.31. The van der Waals surface area contributed by atoms with Gasteiger partial charge in [-0.2, -0.15) is 0 Å². The first-order valence-electron chi connectivity index (χ1n) is 5.11. The first-order valence-corrected chi connectivity index (χ1v) is 5.49. The molecule has 8 heteroatoms. The molecule has 0 fully saturated rings. The lowest BCUT2D eigenvalue weighted by Crippen LogP contribution is -2.30. The molecule has 0 aromatic heterocycles. The number of nitro benzene ring substituents is 1. The number of aliphatic hydroxyl groups is 2. The van der Waals surface area contributed by atoms with Crippen molar-refractivity contribution >= 4 is 23.0 Å². The molecule has 0 atom stereocenters. The lowest BCUT2D eigenvalue weighted by molar-refractivity contribution is -0.384. The number of benzene rings is 1. The maximum Gasteiger partial charge on any atom is 0.294 e. The van der Waals surface area contributed by atoms with Crippen LogP contribution in [0.3, 0.4) is 0 Å². The van der Waals surface area contributed by atoms with Gasteiger partial charge in [0.1, 0.15) is 11.5 Å². The van der Waals surface area contributed by atoms with Gasteiger partial charge in [0, 0.05) is 25.2 Å². The van der Waals surface area contributed by atoms with Crippen LogP contribution < -0.4 is 4.90 Å². The summed E-state index contributed by atoms with van der Waals surface area (Å²) in [7, 11) is 0. The highest BCUT2D eigenvalue weighted by Crippen LogP contribution is 2.32. The Morgan fingerprint density at radius 3 is 2.33 bits per heavy atom. The van der Waals surface area contributed by atoms with Crippen LogP contribution in [0.1, 0.15) is 0 Å². The third-order valence-electron chi connectivity index (χ3n) is 2.29. The highest BCUT2D eigenvalue weighted by atomic mass is 35.5. The van der Waals surface area contributed by atoms with Gasteiger partial charge in [-0.25, -0.2) is 4.39 Å². The van der Waals surface area contributed by atoms with Crippen LogP contribution in [0, 0.1) is 15.9 Å². The molecular weight excluding hydrogens is 267 g/mol. The van der Waals surface area contributed by atoms with Crippen molar-refractivity contribution in [2.45, 2.75) is 0 Å². The van der Waals surface area contributed by atoms with Crippen LogP contribution in [-0.2, 0) is 0 Å². The smallest absolute Gasteiger partial charge is 0.294 e. The number of hydrogen-bond donors (Lipinski definition) is 2. The summed E-state index contributed by atoms with van der Waals surface area (Å²) in [6.07, 6.45) is 0. The van der Waals surface area contributed by atoms with Gasteiger partial charge < -0.3 is 15.1 Å². The minimum Gasteiger partial charge on any atom is -0.395 e. The van der Waals surface area contributed by atoms with E-state index in [4.69, 9.17) is 21.8 Å². The van der Waals surface area contributed by atoms with E-state index in [2.05, 4.69) is 0 Å². The Morgan fingerprint density at radius 2 is 1.89 bits per heavy atom. The summed E-state index contributed by atoms with van der Waals surface area (Å²) in [5.41, 5.74) is -0.395. The van der Waals surface area contributed by atoms with Gasteiger partial charge >= 0.3 is 0 Å². The Bertz CT molecular complexity index is 438. The normalized spacial score (nSPS) is 10.4. The van der Waals surface area contributed by atoms with Crippen molar-refractivity contribution in [1.82, 2.24) is 0 Å². The lowest BCUT2D eigenvalue weighted by atomic mass is 10.2. The van der Waals surface area contributed by atoms with Gasteiger partial charge in [0.2, 0.25) is 0 Å². The average Bonchev–Trinajstić information content (AvgIpc) is 2.31. The Labute approximate surface area is 107 Å². The maximum atomic E-state index is 13.4. The molecule has 2 N–H and O–H groups in total. The molecule has 0 bridgehead atoms. The fourth-order valence-electron chi connectivity index (χ4n) is 1.52. The van der Waals surface area contributed by atoms with Crippen molar-refractivity contribution in [3.63, 3.8) is 0 Å². The van der Waals surface area contributed by atoms with Crippen LogP contribution in [0.25, 0.3) is 0 Å². The number of nitrogens with zero attached hydrogens (tertiary/aromatic N) is 2. The zero-order valence-corrected chi connectivity index (χ0v) is 10.1. The molecule has 1 aromatic rings. The molecule has 0 radical (unpaired) electrons. The summed E-state index contributed by atoms with van der Waals surface area (Å²) in [5.74, 6) is -0.793. The summed E-state index contributed by atoms with van der Waals surface area (Å²) in [4.78, 5) is 11.5. The van der Waals surface area contributed by atoms with E-state index < -0.39 is 10.7 Å². The van der Waals surface area contributed by atoms with Gasteiger partial charge in [-0.05, 0) is 0 Å². The van der Waals surface area contributed by atoms with E-state index in [0.717, 1.165) is 12.1 Å². The minimum atomic E-state index is -0.793. The quantitative estimate of drug-likeness (QED) is 0.603. The highest BCUT2D eigenvalue weighted by Gasteiger charge is 2.22. The Morgan fingerprint density at radius 1 is 1.33 bits per heavy atom. The fraction of sp³-hybridized carbons (Fsp3) is 0.400. The van der Waals surface area contributed by atoms with Crippen LogP contribution in [0.4, 0.5) is 15.8 Å². The van der Waals surface area contributed by atoms with E-state index in [1.165, 1.54) is 4.90 Å². The van der Waals surface area contributed by atoms with E-state index in [0.29, 0.717) is 0 Å². The molecular formula is C10H12ClFN2O4. The predicted molar refractivity (Wildman–Crippen MR) is 64.4 cm³/mol. The van der Waals surface area contributed by atoms with Gasteiger partial charge in [-0.15, -0.1) is 0 Å². The Balaban J connectivity index is 3.25. The molecule has 0 aliphatic carbocycles. The maximum absolute atomic E-state index is 13.4. The number of halogens is 2. The van der Waals surface area contributed by atoms with Crippen LogP contribution in [0.5, 0.6) is 0 Å².